The van der Waals surface area contributed by atoms with E-state index >= 15 is 0 Å². The number of rotatable bonds is 12. The summed E-state index contributed by atoms with van der Waals surface area (Å²) in [6.07, 6.45) is 15.5. The van der Waals surface area contributed by atoms with E-state index in [-0.39, 0.29) is 0 Å². The summed E-state index contributed by atoms with van der Waals surface area (Å²) in [5, 5.41) is 0. The number of hydrogen-bond donors (Lipinski definition) is 0. The topological polar surface area (TPSA) is 0 Å². The molecule has 0 aliphatic rings. The maximum absolute atomic E-state index is 2.32. The Morgan fingerprint density at radius 2 is 1.14 bits per heavy atom. The minimum Gasteiger partial charge on any atom is -0.0654 e. The maximum atomic E-state index is 2.32. The van der Waals surface area contributed by atoms with Gasteiger partial charge >= 0.3 is 0 Å². The molecule has 0 bridgehead atoms. The Labute approximate surface area is 133 Å². The first kappa shape index (κ1) is 18.3. The molecule has 1 rings (SSSR count). The van der Waals surface area contributed by atoms with Crippen LogP contribution in [0.2, 0.25) is 0 Å². The van der Waals surface area contributed by atoms with Gasteiger partial charge in [0, 0.05) is 0 Å². The maximum Gasteiger partial charge on any atom is -0.0219 e. The first-order valence-electron chi connectivity index (χ1n) is 9.33. The summed E-state index contributed by atoms with van der Waals surface area (Å²) in [5.74, 6) is 0.649. The van der Waals surface area contributed by atoms with Crippen LogP contribution in [-0.4, -0.2) is 0 Å². The van der Waals surface area contributed by atoms with Gasteiger partial charge in [-0.15, -0.1) is 0 Å². The minimum atomic E-state index is 0.649. The molecule has 1 aromatic carbocycles. The standard InChI is InChI=1S/C21H36/c1-4-5-6-7-8-9-10-11-12-13-14-20-15-17-21(18-16-20)19(2)3/h15-19H,4-14H2,1-3H3. The predicted octanol–water partition coefficient (Wildman–Crippen LogP) is 7.27. The fraction of sp³-hybridized carbons (Fsp3) is 0.714. The Kier molecular flexibility index (Phi) is 10.3. The molecule has 0 N–H and O–H groups in total. The van der Waals surface area contributed by atoms with Crippen LogP contribution in [0.4, 0.5) is 0 Å². The lowest BCUT2D eigenvalue weighted by atomic mass is 9.99. The van der Waals surface area contributed by atoms with Crippen molar-refractivity contribution < 1.29 is 0 Å². The second kappa shape index (κ2) is 11.8. The number of unbranched alkanes of at least 4 members (excludes halogenated alkanes) is 9. The van der Waals surface area contributed by atoms with Crippen LogP contribution in [0.5, 0.6) is 0 Å². The average Bonchev–Trinajstić information content (AvgIpc) is 2.49. The monoisotopic (exact) mass is 288 g/mol. The molecule has 0 radical (unpaired) electrons. The molecule has 0 heterocycles. The minimum absolute atomic E-state index is 0.649. The SMILES string of the molecule is CCCCCCCCCCCCc1ccc(C(C)C)cc1. The number of aryl methyl sites for hydroxylation is 1. The van der Waals surface area contributed by atoms with Crippen molar-refractivity contribution in [3.05, 3.63) is 35.4 Å². The molecule has 0 aliphatic carbocycles. The van der Waals surface area contributed by atoms with Gasteiger partial charge in [-0.2, -0.15) is 0 Å². The molecule has 0 aromatic heterocycles. The third-order valence-electron chi connectivity index (χ3n) is 4.47. The Balaban J connectivity index is 1.96. The predicted molar refractivity (Wildman–Crippen MR) is 96.1 cm³/mol. The van der Waals surface area contributed by atoms with Gasteiger partial charge < -0.3 is 0 Å². The lowest BCUT2D eigenvalue weighted by Crippen LogP contribution is -1.90. The van der Waals surface area contributed by atoms with Crippen molar-refractivity contribution in [1.29, 1.82) is 0 Å². The Morgan fingerprint density at radius 1 is 0.667 bits per heavy atom. The van der Waals surface area contributed by atoms with E-state index in [0.29, 0.717) is 5.92 Å². The van der Waals surface area contributed by atoms with Gasteiger partial charge in [0.15, 0.2) is 0 Å². The molecule has 21 heavy (non-hydrogen) atoms. The van der Waals surface area contributed by atoms with Gasteiger partial charge in [0.2, 0.25) is 0 Å². The van der Waals surface area contributed by atoms with Crippen LogP contribution in [0, 0.1) is 0 Å². The van der Waals surface area contributed by atoms with Gasteiger partial charge in [0.05, 0.1) is 0 Å². The van der Waals surface area contributed by atoms with Crippen LogP contribution in [0.15, 0.2) is 24.3 Å². The first-order chi connectivity index (χ1) is 10.2. The van der Waals surface area contributed by atoms with Crippen LogP contribution in [-0.2, 0) is 6.42 Å². The summed E-state index contributed by atoms with van der Waals surface area (Å²) < 4.78 is 0. The molecule has 0 fully saturated rings. The van der Waals surface area contributed by atoms with E-state index in [2.05, 4.69) is 45.0 Å². The Morgan fingerprint density at radius 3 is 1.62 bits per heavy atom. The van der Waals surface area contributed by atoms with E-state index < -0.39 is 0 Å². The molecule has 0 atom stereocenters. The smallest absolute Gasteiger partial charge is 0.0219 e. The molecule has 0 nitrogen and oxygen atoms in total. The van der Waals surface area contributed by atoms with Gasteiger partial charge in [0.25, 0.3) is 0 Å². The van der Waals surface area contributed by atoms with Gasteiger partial charge in [-0.3, -0.25) is 0 Å². The van der Waals surface area contributed by atoms with Gasteiger partial charge in [-0.1, -0.05) is 103 Å². The van der Waals surface area contributed by atoms with Crippen molar-refractivity contribution >= 4 is 0 Å². The Bertz CT molecular complexity index is 334. The average molecular weight is 289 g/mol. The van der Waals surface area contributed by atoms with Crippen LogP contribution >= 0.6 is 0 Å². The van der Waals surface area contributed by atoms with Crippen molar-refractivity contribution in [2.45, 2.75) is 97.3 Å². The van der Waals surface area contributed by atoms with Crippen molar-refractivity contribution in [2.24, 2.45) is 0 Å². The zero-order valence-corrected chi connectivity index (χ0v) is 14.7. The number of benzene rings is 1. The van der Waals surface area contributed by atoms with Crippen LogP contribution < -0.4 is 0 Å². The van der Waals surface area contributed by atoms with Crippen LogP contribution in [0.1, 0.15) is 102 Å². The van der Waals surface area contributed by atoms with E-state index in [1.165, 1.54) is 81.8 Å². The third kappa shape index (κ3) is 8.96. The highest BCUT2D eigenvalue weighted by Crippen LogP contribution is 2.16. The second-order valence-electron chi connectivity index (χ2n) is 6.83. The second-order valence-corrected chi connectivity index (χ2v) is 6.83. The molecular weight excluding hydrogens is 252 g/mol. The summed E-state index contributed by atoms with van der Waals surface area (Å²) >= 11 is 0. The van der Waals surface area contributed by atoms with Crippen LogP contribution in [0.25, 0.3) is 0 Å². The van der Waals surface area contributed by atoms with E-state index in [0.717, 1.165) is 0 Å². The summed E-state index contributed by atoms with van der Waals surface area (Å²) in [7, 11) is 0. The molecule has 120 valence electrons. The fourth-order valence-corrected chi connectivity index (χ4v) is 2.89. The Hall–Kier alpha value is -0.780. The molecule has 0 aliphatic heterocycles. The van der Waals surface area contributed by atoms with Gasteiger partial charge in [-0.05, 0) is 29.9 Å². The lowest BCUT2D eigenvalue weighted by molar-refractivity contribution is 0.556. The molecule has 0 saturated heterocycles. The number of hydrogen-bond acceptors (Lipinski definition) is 0. The molecular formula is C21H36. The van der Waals surface area contributed by atoms with Crippen molar-refractivity contribution in [3.8, 4) is 0 Å². The van der Waals surface area contributed by atoms with Crippen LogP contribution in [0.3, 0.4) is 0 Å². The van der Waals surface area contributed by atoms with Crippen molar-refractivity contribution in [2.75, 3.05) is 0 Å². The van der Waals surface area contributed by atoms with E-state index in [9.17, 15) is 0 Å². The molecule has 0 unspecified atom stereocenters. The fourth-order valence-electron chi connectivity index (χ4n) is 2.89. The molecule has 0 spiro atoms. The summed E-state index contributed by atoms with van der Waals surface area (Å²) in [4.78, 5) is 0. The normalized spacial score (nSPS) is 11.2. The zero-order chi connectivity index (χ0) is 15.3. The first-order valence-corrected chi connectivity index (χ1v) is 9.33. The third-order valence-corrected chi connectivity index (χ3v) is 4.47. The highest BCUT2D eigenvalue weighted by molar-refractivity contribution is 5.24. The quantitative estimate of drug-likeness (QED) is 0.355. The van der Waals surface area contributed by atoms with Crippen molar-refractivity contribution in [1.82, 2.24) is 0 Å². The van der Waals surface area contributed by atoms with E-state index in [1.807, 2.05) is 0 Å². The highest BCUT2D eigenvalue weighted by Gasteiger charge is 1.99. The lowest BCUT2D eigenvalue weighted by Gasteiger charge is -2.07. The largest absolute Gasteiger partial charge is 0.0654 e. The summed E-state index contributed by atoms with van der Waals surface area (Å²) in [6.45, 7) is 6.81. The summed E-state index contributed by atoms with van der Waals surface area (Å²) in [5.41, 5.74) is 2.97. The summed E-state index contributed by atoms with van der Waals surface area (Å²) in [6, 6.07) is 9.25. The highest BCUT2D eigenvalue weighted by atomic mass is 14.0. The zero-order valence-electron chi connectivity index (χ0n) is 14.7. The molecule has 0 saturated carbocycles. The van der Waals surface area contributed by atoms with E-state index in [4.69, 9.17) is 0 Å². The van der Waals surface area contributed by atoms with Gasteiger partial charge in [-0.25, -0.2) is 0 Å². The molecule has 0 amide bonds. The molecule has 0 heteroatoms. The van der Waals surface area contributed by atoms with Gasteiger partial charge in [0.1, 0.15) is 0 Å². The molecule has 1 aromatic rings. The van der Waals surface area contributed by atoms with Crippen molar-refractivity contribution in [3.63, 3.8) is 0 Å². The van der Waals surface area contributed by atoms with E-state index in [1.54, 1.807) is 0 Å².